The second kappa shape index (κ2) is 7.50. The Morgan fingerprint density at radius 2 is 2.33 bits per heavy atom. The van der Waals surface area contributed by atoms with Gasteiger partial charge in [0.25, 0.3) is 0 Å². The molecule has 2 N–H and O–H groups in total. The lowest BCUT2D eigenvalue weighted by atomic mass is 10.2. The average Bonchev–Trinajstić information content (AvgIpc) is 2.11. The van der Waals surface area contributed by atoms with Gasteiger partial charge in [-0.2, -0.15) is 0 Å². The van der Waals surface area contributed by atoms with Crippen LogP contribution in [0.3, 0.4) is 0 Å². The minimum atomic E-state index is 0.599. The third-order valence-corrected chi connectivity index (χ3v) is 2.33. The first-order valence-corrected chi connectivity index (χ1v) is 7.52. The summed E-state index contributed by atoms with van der Waals surface area (Å²) in [7, 11) is 0. The molecule has 0 aliphatic carbocycles. The van der Waals surface area contributed by atoms with Gasteiger partial charge in [-0.1, -0.05) is 18.7 Å². The molecule has 0 rings (SSSR count). The van der Waals surface area contributed by atoms with E-state index in [9.17, 15) is 0 Å². The van der Waals surface area contributed by atoms with Crippen LogP contribution in [0.2, 0.25) is 0 Å². The van der Waals surface area contributed by atoms with Crippen LogP contribution in [0, 0.1) is 5.41 Å². The number of halogens is 1. The van der Waals surface area contributed by atoms with Crippen molar-refractivity contribution in [1.82, 2.24) is 5.09 Å². The molecule has 2 nitrogen and oxygen atoms in total. The van der Waals surface area contributed by atoms with E-state index in [0.29, 0.717) is 11.9 Å². The standard InChI is InChI=1S/C8H12IN2P/c1-3-4-5-8(11-12-9)7(2)6-10/h3-6,10-12H,2H2,1H3/b4-3-,8-5+,10-6?. The van der Waals surface area contributed by atoms with Crippen molar-refractivity contribution in [1.29, 1.82) is 5.41 Å². The van der Waals surface area contributed by atoms with Gasteiger partial charge in [-0.25, -0.2) is 0 Å². The minimum Gasteiger partial charge on any atom is -0.358 e. The Morgan fingerprint density at radius 3 is 2.75 bits per heavy atom. The fourth-order valence-electron chi connectivity index (χ4n) is 0.550. The first kappa shape index (κ1) is 11.8. The lowest BCUT2D eigenvalue weighted by Crippen LogP contribution is -2.02. The zero-order valence-corrected chi connectivity index (χ0v) is 10.1. The Balaban J connectivity index is 4.41. The molecule has 0 saturated heterocycles. The molecule has 0 saturated carbocycles. The van der Waals surface area contributed by atoms with Crippen molar-refractivity contribution in [3.05, 3.63) is 36.1 Å². The van der Waals surface area contributed by atoms with Crippen LogP contribution in [0.4, 0.5) is 0 Å². The maximum Gasteiger partial charge on any atom is 0.0458 e. The molecular weight excluding hydrogens is 282 g/mol. The molecule has 12 heavy (non-hydrogen) atoms. The van der Waals surface area contributed by atoms with E-state index in [4.69, 9.17) is 5.41 Å². The average molecular weight is 294 g/mol. The van der Waals surface area contributed by atoms with E-state index < -0.39 is 0 Å². The number of rotatable bonds is 5. The molecule has 66 valence electrons. The Bertz CT molecular complexity index is 221. The molecule has 1 unspecified atom stereocenters. The summed E-state index contributed by atoms with van der Waals surface area (Å²) < 4.78 is 0. The summed E-state index contributed by atoms with van der Waals surface area (Å²) in [6.45, 7) is 5.69. The Hall–Kier alpha value is -0.150. The van der Waals surface area contributed by atoms with Crippen LogP contribution in [-0.4, -0.2) is 6.21 Å². The fourth-order valence-corrected chi connectivity index (χ4v) is 1.77. The Labute approximate surface area is 88.0 Å². The quantitative estimate of drug-likeness (QED) is 0.347. The summed E-state index contributed by atoms with van der Waals surface area (Å²) in [6.07, 6.45) is 7.63. The summed E-state index contributed by atoms with van der Waals surface area (Å²) >= 11 is 2.24. The number of allylic oxidation sites excluding steroid dienone is 4. The third kappa shape index (κ3) is 4.67. The monoisotopic (exact) mass is 294 g/mol. The molecule has 0 fully saturated rings. The third-order valence-electron chi connectivity index (χ3n) is 1.16. The molecule has 0 heterocycles. The van der Waals surface area contributed by atoms with Gasteiger partial charge in [-0.3, -0.25) is 0 Å². The van der Waals surface area contributed by atoms with E-state index in [1.54, 1.807) is 0 Å². The Morgan fingerprint density at radius 1 is 1.67 bits per heavy atom. The first-order valence-electron chi connectivity index (χ1n) is 3.40. The molecule has 0 aliphatic heterocycles. The summed E-state index contributed by atoms with van der Waals surface area (Å²) in [5.74, 6) is 0. The van der Waals surface area contributed by atoms with E-state index >= 15 is 0 Å². The van der Waals surface area contributed by atoms with Crippen molar-refractivity contribution in [3.8, 4) is 0 Å². The predicted octanol–water partition coefficient (Wildman–Crippen LogP) is 3.19. The molecule has 0 radical (unpaired) electrons. The second-order valence-corrected chi connectivity index (χ2v) is 4.05. The van der Waals surface area contributed by atoms with Gasteiger partial charge in [0.2, 0.25) is 0 Å². The highest BCUT2D eigenvalue weighted by molar-refractivity contribution is 14.2. The Kier molecular flexibility index (Phi) is 7.40. The predicted molar refractivity (Wildman–Crippen MR) is 66.3 cm³/mol. The van der Waals surface area contributed by atoms with Gasteiger partial charge >= 0.3 is 0 Å². The molecular formula is C8H12IN2P. The number of nitrogens with one attached hydrogen (secondary N) is 2. The van der Waals surface area contributed by atoms with Gasteiger partial charge in [0.15, 0.2) is 0 Å². The van der Waals surface area contributed by atoms with Gasteiger partial charge in [-0.05, 0) is 35.0 Å². The highest BCUT2D eigenvalue weighted by Gasteiger charge is 1.95. The van der Waals surface area contributed by atoms with Crippen molar-refractivity contribution in [3.63, 3.8) is 0 Å². The fraction of sp³-hybridized carbons (Fsp3) is 0.125. The van der Waals surface area contributed by atoms with Crippen LogP contribution in [0.25, 0.3) is 0 Å². The lowest BCUT2D eigenvalue weighted by Gasteiger charge is -2.05. The SMILES string of the molecule is C=C(C=N)/C(=C\C=C/C)NPI. The van der Waals surface area contributed by atoms with Crippen molar-refractivity contribution < 1.29 is 0 Å². The van der Waals surface area contributed by atoms with Gasteiger partial charge in [0.1, 0.15) is 0 Å². The maximum absolute atomic E-state index is 7.02. The highest BCUT2D eigenvalue weighted by atomic mass is 127. The summed E-state index contributed by atoms with van der Waals surface area (Å²) in [4.78, 5) is 0. The summed E-state index contributed by atoms with van der Waals surface area (Å²) in [5.41, 5.74) is 1.62. The van der Waals surface area contributed by atoms with E-state index in [2.05, 4.69) is 33.7 Å². The van der Waals surface area contributed by atoms with Crippen molar-refractivity contribution in [2.24, 2.45) is 0 Å². The van der Waals surface area contributed by atoms with Crippen LogP contribution in [-0.2, 0) is 0 Å². The van der Waals surface area contributed by atoms with Crippen LogP contribution < -0.4 is 5.09 Å². The molecule has 1 atom stereocenters. The molecule has 0 spiro atoms. The molecule has 0 aliphatic rings. The first-order chi connectivity index (χ1) is 5.76. The second-order valence-electron chi connectivity index (χ2n) is 2.00. The van der Waals surface area contributed by atoms with Gasteiger partial charge in [0.05, 0.1) is 0 Å². The lowest BCUT2D eigenvalue weighted by molar-refractivity contribution is 1.26. The molecule has 0 aromatic heterocycles. The van der Waals surface area contributed by atoms with Gasteiger partial charge < -0.3 is 10.5 Å². The molecule has 0 bridgehead atoms. The van der Waals surface area contributed by atoms with Crippen LogP contribution >= 0.6 is 28.4 Å². The normalized spacial score (nSPS) is 12.7. The smallest absolute Gasteiger partial charge is 0.0458 e. The zero-order chi connectivity index (χ0) is 9.40. The van der Waals surface area contributed by atoms with Crippen LogP contribution in [0.1, 0.15) is 6.92 Å². The number of hydrogen-bond acceptors (Lipinski definition) is 2. The molecule has 0 aromatic rings. The van der Waals surface area contributed by atoms with E-state index in [1.165, 1.54) is 6.21 Å². The van der Waals surface area contributed by atoms with Crippen LogP contribution in [0.15, 0.2) is 36.1 Å². The minimum absolute atomic E-state index is 0.599. The van der Waals surface area contributed by atoms with Crippen LogP contribution in [0.5, 0.6) is 0 Å². The van der Waals surface area contributed by atoms with E-state index in [1.807, 2.05) is 25.2 Å². The summed E-state index contributed by atoms with van der Waals surface area (Å²) in [6, 6.07) is 0. The van der Waals surface area contributed by atoms with Crippen molar-refractivity contribution in [2.75, 3.05) is 0 Å². The van der Waals surface area contributed by atoms with Crippen molar-refractivity contribution in [2.45, 2.75) is 6.92 Å². The van der Waals surface area contributed by atoms with E-state index in [-0.39, 0.29) is 0 Å². The molecule has 0 aromatic carbocycles. The van der Waals surface area contributed by atoms with Crippen molar-refractivity contribution >= 4 is 34.6 Å². The van der Waals surface area contributed by atoms with Gasteiger partial charge in [0, 0.05) is 23.9 Å². The zero-order valence-electron chi connectivity index (χ0n) is 6.89. The summed E-state index contributed by atoms with van der Waals surface area (Å²) in [5, 5.41) is 10.2. The van der Waals surface area contributed by atoms with Gasteiger partial charge in [-0.15, -0.1) is 0 Å². The maximum atomic E-state index is 7.02. The molecule has 0 amide bonds. The molecule has 4 heteroatoms. The van der Waals surface area contributed by atoms with E-state index in [0.717, 1.165) is 5.70 Å². The number of hydrogen-bond donors (Lipinski definition) is 2. The largest absolute Gasteiger partial charge is 0.358 e. The highest BCUT2D eigenvalue weighted by Crippen LogP contribution is 2.19. The topological polar surface area (TPSA) is 35.9 Å².